The Morgan fingerprint density at radius 3 is 2.71 bits per heavy atom. The van der Waals surface area contributed by atoms with Crippen molar-refractivity contribution in [2.75, 3.05) is 0 Å². The summed E-state index contributed by atoms with van der Waals surface area (Å²) in [6.07, 6.45) is 1.58. The van der Waals surface area contributed by atoms with Gasteiger partial charge in [-0.15, -0.1) is 11.3 Å². The van der Waals surface area contributed by atoms with E-state index >= 15 is 0 Å². The van der Waals surface area contributed by atoms with E-state index in [4.69, 9.17) is 0 Å². The van der Waals surface area contributed by atoms with Crippen LogP contribution >= 0.6 is 11.3 Å². The first kappa shape index (κ1) is 14.9. The Morgan fingerprint density at radius 1 is 1.43 bits per heavy atom. The summed E-state index contributed by atoms with van der Waals surface area (Å²) in [5.41, 5.74) is 3.60. The van der Waals surface area contributed by atoms with E-state index in [2.05, 4.69) is 10.3 Å². The van der Waals surface area contributed by atoms with E-state index in [0.717, 1.165) is 16.1 Å². The molecule has 2 aromatic rings. The first-order chi connectivity index (χ1) is 10.1. The van der Waals surface area contributed by atoms with Crippen LogP contribution in [0.1, 0.15) is 29.1 Å². The first-order valence-electron chi connectivity index (χ1n) is 6.49. The Bertz CT molecular complexity index is 698. The lowest BCUT2D eigenvalue weighted by Crippen LogP contribution is -2.27. The molecule has 0 saturated carbocycles. The fourth-order valence-electron chi connectivity index (χ4n) is 1.83. The minimum Gasteiger partial charge on any atom is -0.345 e. The predicted octanol–water partition coefficient (Wildman–Crippen LogP) is 3.24. The molecule has 1 amide bonds. The Kier molecular flexibility index (Phi) is 4.85. The molecule has 0 aliphatic carbocycles. The predicted molar refractivity (Wildman–Crippen MR) is 83.4 cm³/mol. The average Bonchev–Trinajstić information content (AvgIpc) is 2.90. The van der Waals surface area contributed by atoms with Crippen LogP contribution in [0.25, 0.3) is 6.08 Å². The van der Waals surface area contributed by atoms with Crippen molar-refractivity contribution >= 4 is 23.3 Å². The van der Waals surface area contributed by atoms with E-state index in [1.54, 1.807) is 11.6 Å². The lowest BCUT2D eigenvalue weighted by molar-refractivity contribution is -0.117. The SMILES string of the molecule is Cc1ncsc1/C=C(/C#N)C(=O)NC(C)c1ccccc1. The second-order valence-electron chi connectivity index (χ2n) is 4.58. The van der Waals surface area contributed by atoms with Gasteiger partial charge in [-0.1, -0.05) is 30.3 Å². The van der Waals surface area contributed by atoms with Crippen molar-refractivity contribution in [2.24, 2.45) is 0 Å². The van der Waals surface area contributed by atoms with Crippen molar-refractivity contribution < 1.29 is 4.79 Å². The van der Waals surface area contributed by atoms with Crippen LogP contribution in [0.3, 0.4) is 0 Å². The third kappa shape index (κ3) is 3.77. The second-order valence-corrected chi connectivity index (χ2v) is 5.46. The lowest BCUT2D eigenvalue weighted by atomic mass is 10.1. The van der Waals surface area contributed by atoms with Gasteiger partial charge in [0.05, 0.1) is 22.1 Å². The number of aromatic nitrogens is 1. The molecule has 21 heavy (non-hydrogen) atoms. The number of nitrogens with one attached hydrogen (secondary N) is 1. The smallest absolute Gasteiger partial charge is 0.262 e. The maximum absolute atomic E-state index is 12.2. The number of nitriles is 1. The largest absolute Gasteiger partial charge is 0.345 e. The maximum atomic E-state index is 12.2. The molecule has 0 spiro atoms. The van der Waals surface area contributed by atoms with Crippen molar-refractivity contribution in [3.05, 3.63) is 57.6 Å². The van der Waals surface area contributed by atoms with Crippen molar-refractivity contribution in [1.29, 1.82) is 5.26 Å². The molecule has 1 aromatic heterocycles. The molecular formula is C16H15N3OS. The molecular weight excluding hydrogens is 282 g/mol. The Balaban J connectivity index is 2.13. The summed E-state index contributed by atoms with van der Waals surface area (Å²) in [4.78, 5) is 17.1. The highest BCUT2D eigenvalue weighted by Gasteiger charge is 2.14. The zero-order chi connectivity index (χ0) is 15.2. The Labute approximate surface area is 127 Å². The summed E-state index contributed by atoms with van der Waals surface area (Å²) in [5, 5.41) is 12.0. The third-order valence-corrected chi connectivity index (χ3v) is 3.95. The van der Waals surface area contributed by atoms with Gasteiger partial charge in [-0.05, 0) is 25.5 Å². The first-order valence-corrected chi connectivity index (χ1v) is 7.37. The highest BCUT2D eigenvalue weighted by molar-refractivity contribution is 7.10. The van der Waals surface area contributed by atoms with Gasteiger partial charge in [-0.2, -0.15) is 5.26 Å². The molecule has 0 radical (unpaired) electrons. The zero-order valence-corrected chi connectivity index (χ0v) is 12.6. The highest BCUT2D eigenvalue weighted by atomic mass is 32.1. The molecule has 1 aromatic carbocycles. The Morgan fingerprint density at radius 2 is 2.14 bits per heavy atom. The summed E-state index contributed by atoms with van der Waals surface area (Å²) >= 11 is 1.41. The summed E-state index contributed by atoms with van der Waals surface area (Å²) in [5.74, 6) is -0.373. The second kappa shape index (κ2) is 6.82. The number of carbonyl (C=O) groups is 1. The van der Waals surface area contributed by atoms with Crippen LogP contribution in [0, 0.1) is 18.3 Å². The molecule has 4 nitrogen and oxygen atoms in total. The van der Waals surface area contributed by atoms with Gasteiger partial charge in [-0.25, -0.2) is 4.98 Å². The molecule has 1 unspecified atom stereocenters. The molecule has 0 aliphatic heterocycles. The molecule has 1 heterocycles. The van der Waals surface area contributed by atoms with Crippen LogP contribution in [0.4, 0.5) is 0 Å². The number of hydrogen-bond acceptors (Lipinski definition) is 4. The van der Waals surface area contributed by atoms with E-state index < -0.39 is 0 Å². The average molecular weight is 297 g/mol. The molecule has 0 saturated heterocycles. The number of aryl methyl sites for hydroxylation is 1. The van der Waals surface area contributed by atoms with Gasteiger partial charge in [-0.3, -0.25) is 4.79 Å². The minimum absolute atomic E-state index is 0.0881. The highest BCUT2D eigenvalue weighted by Crippen LogP contribution is 2.17. The van der Waals surface area contributed by atoms with E-state index in [1.807, 2.05) is 50.2 Å². The maximum Gasteiger partial charge on any atom is 0.262 e. The molecule has 2 rings (SSSR count). The quantitative estimate of drug-likeness (QED) is 0.696. The molecule has 1 atom stereocenters. The number of thiazole rings is 1. The fraction of sp³-hybridized carbons (Fsp3) is 0.188. The van der Waals surface area contributed by atoms with Crippen molar-refractivity contribution in [3.63, 3.8) is 0 Å². The van der Waals surface area contributed by atoms with Gasteiger partial charge < -0.3 is 5.32 Å². The number of nitrogens with zero attached hydrogens (tertiary/aromatic N) is 2. The van der Waals surface area contributed by atoms with Gasteiger partial charge in [0.2, 0.25) is 0 Å². The molecule has 0 fully saturated rings. The van der Waals surface area contributed by atoms with E-state index in [9.17, 15) is 10.1 Å². The number of amides is 1. The number of carbonyl (C=O) groups excluding carboxylic acids is 1. The monoisotopic (exact) mass is 297 g/mol. The standard InChI is InChI=1S/C16H15N3OS/c1-11(13-6-4-3-5-7-13)19-16(20)14(9-17)8-15-12(2)18-10-21-15/h3-8,10-11H,1-2H3,(H,19,20)/b14-8-. The van der Waals surface area contributed by atoms with Crippen LogP contribution in [-0.4, -0.2) is 10.9 Å². The van der Waals surface area contributed by atoms with Gasteiger partial charge in [0.1, 0.15) is 11.6 Å². The van der Waals surface area contributed by atoms with E-state index in [-0.39, 0.29) is 17.5 Å². The number of benzene rings is 1. The third-order valence-electron chi connectivity index (χ3n) is 3.07. The van der Waals surface area contributed by atoms with E-state index in [0.29, 0.717) is 0 Å². The van der Waals surface area contributed by atoms with Crippen molar-refractivity contribution in [1.82, 2.24) is 10.3 Å². The van der Waals surface area contributed by atoms with E-state index in [1.165, 1.54) is 11.3 Å². The Hall–Kier alpha value is -2.45. The summed E-state index contributed by atoms with van der Waals surface area (Å²) in [6.45, 7) is 3.74. The van der Waals surface area contributed by atoms with Crippen LogP contribution in [0.5, 0.6) is 0 Å². The molecule has 106 valence electrons. The lowest BCUT2D eigenvalue weighted by Gasteiger charge is -2.13. The summed E-state index contributed by atoms with van der Waals surface area (Å²) < 4.78 is 0. The van der Waals surface area contributed by atoms with Crippen molar-refractivity contribution in [2.45, 2.75) is 19.9 Å². The zero-order valence-electron chi connectivity index (χ0n) is 11.8. The number of hydrogen-bond donors (Lipinski definition) is 1. The van der Waals surface area contributed by atoms with Gasteiger partial charge in [0.25, 0.3) is 5.91 Å². The molecule has 1 N–H and O–H groups in total. The van der Waals surface area contributed by atoms with Gasteiger partial charge in [0, 0.05) is 0 Å². The topological polar surface area (TPSA) is 65.8 Å². The molecule has 0 aliphatic rings. The summed E-state index contributed by atoms with van der Waals surface area (Å²) in [7, 11) is 0. The normalized spacial score (nSPS) is 12.5. The van der Waals surface area contributed by atoms with Crippen LogP contribution < -0.4 is 5.32 Å². The van der Waals surface area contributed by atoms with Gasteiger partial charge in [0.15, 0.2) is 0 Å². The van der Waals surface area contributed by atoms with Crippen LogP contribution in [-0.2, 0) is 4.79 Å². The number of rotatable bonds is 4. The van der Waals surface area contributed by atoms with Crippen LogP contribution in [0.2, 0.25) is 0 Å². The van der Waals surface area contributed by atoms with Crippen molar-refractivity contribution in [3.8, 4) is 6.07 Å². The fourth-order valence-corrected chi connectivity index (χ4v) is 2.56. The molecule has 0 bridgehead atoms. The van der Waals surface area contributed by atoms with Crippen LogP contribution in [0.15, 0.2) is 41.4 Å². The molecule has 5 heteroatoms. The minimum atomic E-state index is -0.373. The van der Waals surface area contributed by atoms with Gasteiger partial charge >= 0.3 is 0 Å². The summed E-state index contributed by atoms with van der Waals surface area (Å²) in [6, 6.07) is 11.4.